The lowest BCUT2D eigenvalue weighted by Crippen LogP contribution is -2.14. The molecule has 3 nitrogen and oxygen atoms in total. The van der Waals surface area contributed by atoms with E-state index in [0.717, 1.165) is 16.8 Å². The van der Waals surface area contributed by atoms with Gasteiger partial charge in [0.1, 0.15) is 0 Å². The topological polar surface area (TPSA) is 49.3 Å². The number of carbonyl (C=O) groups excluding carboxylic acids is 1. The SMILES string of the molecule is Cc1cc(C)cc(NC(=O)CCC(C)O)c1. The molecule has 3 heteroatoms. The number of hydrogen-bond donors (Lipinski definition) is 2. The molecule has 0 spiro atoms. The molecule has 1 rings (SSSR count). The van der Waals surface area contributed by atoms with Crippen molar-refractivity contribution in [1.29, 1.82) is 0 Å². The van der Waals surface area contributed by atoms with E-state index in [1.165, 1.54) is 0 Å². The monoisotopic (exact) mass is 221 g/mol. The molecule has 0 fully saturated rings. The molecular weight excluding hydrogens is 202 g/mol. The van der Waals surface area contributed by atoms with Crippen LogP contribution in [-0.2, 0) is 4.79 Å². The van der Waals surface area contributed by atoms with E-state index in [9.17, 15) is 4.79 Å². The first-order valence-corrected chi connectivity index (χ1v) is 5.53. The molecule has 2 N–H and O–H groups in total. The van der Waals surface area contributed by atoms with Gasteiger partial charge in [0.05, 0.1) is 6.10 Å². The van der Waals surface area contributed by atoms with E-state index in [2.05, 4.69) is 11.4 Å². The first-order chi connectivity index (χ1) is 7.47. The van der Waals surface area contributed by atoms with Crippen LogP contribution < -0.4 is 5.32 Å². The molecule has 1 aromatic carbocycles. The van der Waals surface area contributed by atoms with Gasteiger partial charge in [-0.25, -0.2) is 0 Å². The summed E-state index contributed by atoms with van der Waals surface area (Å²) in [5.74, 6) is -0.0501. The van der Waals surface area contributed by atoms with Gasteiger partial charge < -0.3 is 10.4 Å². The summed E-state index contributed by atoms with van der Waals surface area (Å²) in [7, 11) is 0. The molecule has 0 aromatic heterocycles. The zero-order valence-electron chi connectivity index (χ0n) is 10.1. The summed E-state index contributed by atoms with van der Waals surface area (Å²) in [6, 6.07) is 5.94. The van der Waals surface area contributed by atoms with Gasteiger partial charge in [0.2, 0.25) is 5.91 Å². The zero-order chi connectivity index (χ0) is 12.1. The Hall–Kier alpha value is -1.35. The lowest BCUT2D eigenvalue weighted by atomic mass is 10.1. The van der Waals surface area contributed by atoms with Crippen LogP contribution in [0.2, 0.25) is 0 Å². The Balaban J connectivity index is 2.56. The number of rotatable bonds is 4. The van der Waals surface area contributed by atoms with Crippen LogP contribution in [0.25, 0.3) is 0 Å². The van der Waals surface area contributed by atoms with Crippen LogP contribution >= 0.6 is 0 Å². The molecule has 1 amide bonds. The van der Waals surface area contributed by atoms with Gasteiger partial charge in [-0.2, -0.15) is 0 Å². The predicted octanol–water partition coefficient (Wildman–Crippen LogP) is 2.40. The second-order valence-corrected chi connectivity index (χ2v) is 4.31. The number of nitrogens with one attached hydrogen (secondary N) is 1. The van der Waals surface area contributed by atoms with Crippen LogP contribution in [0.4, 0.5) is 5.69 Å². The van der Waals surface area contributed by atoms with Gasteiger partial charge in [0.15, 0.2) is 0 Å². The predicted molar refractivity (Wildman–Crippen MR) is 65.5 cm³/mol. The fraction of sp³-hybridized carbons (Fsp3) is 0.462. The molecule has 0 aliphatic carbocycles. The Labute approximate surface area is 96.5 Å². The molecule has 88 valence electrons. The summed E-state index contributed by atoms with van der Waals surface area (Å²) in [5.41, 5.74) is 3.09. The summed E-state index contributed by atoms with van der Waals surface area (Å²) in [5, 5.41) is 11.9. The Bertz CT molecular complexity index is 352. The third-order valence-corrected chi connectivity index (χ3v) is 2.29. The van der Waals surface area contributed by atoms with Crippen LogP contribution in [0.5, 0.6) is 0 Å². The van der Waals surface area contributed by atoms with Gasteiger partial charge in [0, 0.05) is 12.1 Å². The maximum absolute atomic E-state index is 11.5. The number of aryl methyl sites for hydroxylation is 2. The maximum atomic E-state index is 11.5. The second kappa shape index (κ2) is 5.66. The average Bonchev–Trinajstić information content (AvgIpc) is 2.12. The third-order valence-electron chi connectivity index (χ3n) is 2.29. The fourth-order valence-electron chi connectivity index (χ4n) is 1.61. The van der Waals surface area contributed by atoms with Crippen molar-refractivity contribution in [1.82, 2.24) is 0 Å². The van der Waals surface area contributed by atoms with Crippen LogP contribution in [0.1, 0.15) is 30.9 Å². The molecule has 16 heavy (non-hydrogen) atoms. The number of anilines is 1. The molecule has 0 aliphatic heterocycles. The number of aliphatic hydroxyl groups excluding tert-OH is 1. The molecule has 0 bridgehead atoms. The largest absolute Gasteiger partial charge is 0.393 e. The van der Waals surface area contributed by atoms with E-state index in [0.29, 0.717) is 12.8 Å². The average molecular weight is 221 g/mol. The van der Waals surface area contributed by atoms with Gasteiger partial charge >= 0.3 is 0 Å². The summed E-state index contributed by atoms with van der Waals surface area (Å²) in [4.78, 5) is 11.5. The highest BCUT2D eigenvalue weighted by atomic mass is 16.3. The Morgan fingerprint density at radius 3 is 2.38 bits per heavy atom. The van der Waals surface area contributed by atoms with Crippen molar-refractivity contribution in [3.05, 3.63) is 29.3 Å². The summed E-state index contributed by atoms with van der Waals surface area (Å²) in [6.45, 7) is 5.68. The lowest BCUT2D eigenvalue weighted by molar-refractivity contribution is -0.116. The fourth-order valence-corrected chi connectivity index (χ4v) is 1.61. The molecule has 0 saturated heterocycles. The van der Waals surface area contributed by atoms with Gasteiger partial charge in [-0.15, -0.1) is 0 Å². The molecule has 0 aliphatic rings. The van der Waals surface area contributed by atoms with E-state index in [1.54, 1.807) is 6.92 Å². The molecule has 0 heterocycles. The standard InChI is InChI=1S/C13H19NO2/c1-9-6-10(2)8-12(7-9)14-13(16)5-4-11(3)15/h6-8,11,15H,4-5H2,1-3H3,(H,14,16). The second-order valence-electron chi connectivity index (χ2n) is 4.31. The molecular formula is C13H19NO2. The number of aliphatic hydroxyl groups is 1. The van der Waals surface area contributed by atoms with E-state index in [1.807, 2.05) is 26.0 Å². The first kappa shape index (κ1) is 12.7. The van der Waals surface area contributed by atoms with Crippen molar-refractivity contribution in [3.8, 4) is 0 Å². The van der Waals surface area contributed by atoms with Crippen molar-refractivity contribution in [2.24, 2.45) is 0 Å². The van der Waals surface area contributed by atoms with Gasteiger partial charge in [-0.1, -0.05) is 6.07 Å². The van der Waals surface area contributed by atoms with E-state index < -0.39 is 6.10 Å². The van der Waals surface area contributed by atoms with Crippen LogP contribution in [0, 0.1) is 13.8 Å². The minimum atomic E-state index is -0.426. The van der Waals surface area contributed by atoms with Gasteiger partial charge in [-0.3, -0.25) is 4.79 Å². The Morgan fingerprint density at radius 2 is 1.88 bits per heavy atom. The van der Waals surface area contributed by atoms with Crippen LogP contribution in [-0.4, -0.2) is 17.1 Å². The summed E-state index contributed by atoms with van der Waals surface area (Å²) >= 11 is 0. The van der Waals surface area contributed by atoms with Gasteiger partial charge in [0.25, 0.3) is 0 Å². The van der Waals surface area contributed by atoms with Crippen molar-refractivity contribution in [3.63, 3.8) is 0 Å². The minimum Gasteiger partial charge on any atom is -0.393 e. The van der Waals surface area contributed by atoms with Gasteiger partial charge in [-0.05, 0) is 50.5 Å². The number of hydrogen-bond acceptors (Lipinski definition) is 2. The normalized spacial score (nSPS) is 12.2. The van der Waals surface area contributed by atoms with Crippen molar-refractivity contribution in [2.75, 3.05) is 5.32 Å². The van der Waals surface area contributed by atoms with E-state index >= 15 is 0 Å². The summed E-state index contributed by atoms with van der Waals surface area (Å²) in [6.07, 6.45) is 0.423. The first-order valence-electron chi connectivity index (χ1n) is 5.53. The summed E-state index contributed by atoms with van der Waals surface area (Å²) < 4.78 is 0. The van der Waals surface area contributed by atoms with Crippen molar-refractivity contribution >= 4 is 11.6 Å². The Kier molecular flexibility index (Phi) is 4.50. The highest BCUT2D eigenvalue weighted by Gasteiger charge is 2.05. The highest BCUT2D eigenvalue weighted by Crippen LogP contribution is 2.14. The number of amides is 1. The van der Waals surface area contributed by atoms with Crippen LogP contribution in [0.15, 0.2) is 18.2 Å². The molecule has 1 unspecified atom stereocenters. The van der Waals surface area contributed by atoms with Crippen molar-refractivity contribution in [2.45, 2.75) is 39.7 Å². The molecule has 1 aromatic rings. The highest BCUT2D eigenvalue weighted by molar-refractivity contribution is 5.90. The minimum absolute atomic E-state index is 0.0501. The lowest BCUT2D eigenvalue weighted by Gasteiger charge is -2.08. The quantitative estimate of drug-likeness (QED) is 0.820. The maximum Gasteiger partial charge on any atom is 0.224 e. The number of benzene rings is 1. The smallest absolute Gasteiger partial charge is 0.224 e. The zero-order valence-corrected chi connectivity index (χ0v) is 10.1. The molecule has 0 saturated carbocycles. The number of carbonyl (C=O) groups is 1. The molecule has 1 atom stereocenters. The third kappa shape index (κ3) is 4.45. The van der Waals surface area contributed by atoms with E-state index in [-0.39, 0.29) is 5.91 Å². The Morgan fingerprint density at radius 1 is 1.31 bits per heavy atom. The van der Waals surface area contributed by atoms with Crippen molar-refractivity contribution < 1.29 is 9.90 Å². The molecule has 0 radical (unpaired) electrons. The van der Waals surface area contributed by atoms with Crippen LogP contribution in [0.3, 0.4) is 0 Å². The van der Waals surface area contributed by atoms with E-state index in [4.69, 9.17) is 5.11 Å².